The van der Waals surface area contributed by atoms with Crippen molar-refractivity contribution in [3.63, 3.8) is 0 Å². The van der Waals surface area contributed by atoms with Gasteiger partial charge in [0.1, 0.15) is 0 Å². The van der Waals surface area contributed by atoms with E-state index in [2.05, 4.69) is 12.2 Å². The van der Waals surface area contributed by atoms with Gasteiger partial charge in [-0.05, 0) is 44.6 Å². The van der Waals surface area contributed by atoms with Crippen LogP contribution in [0.3, 0.4) is 0 Å². The molecule has 3 atom stereocenters. The first-order valence-electron chi connectivity index (χ1n) is 4.43. The van der Waals surface area contributed by atoms with E-state index in [1.54, 1.807) is 0 Å². The Bertz CT molecular complexity index is 122. The number of rotatable bonds is 2. The van der Waals surface area contributed by atoms with E-state index in [-0.39, 0.29) is 0 Å². The molecule has 1 heteroatoms. The van der Waals surface area contributed by atoms with Gasteiger partial charge in [0.05, 0.1) is 0 Å². The molecule has 3 unspecified atom stereocenters. The highest BCUT2D eigenvalue weighted by Gasteiger charge is 2.38. The molecule has 0 heterocycles. The van der Waals surface area contributed by atoms with Crippen molar-refractivity contribution in [3.8, 4) is 0 Å². The maximum atomic E-state index is 3.82. The molecule has 0 spiro atoms. The second-order valence-corrected chi connectivity index (χ2v) is 3.74. The Kier molecular flexibility index (Phi) is 1.69. The minimum atomic E-state index is 0.830. The minimum Gasteiger partial charge on any atom is -0.314 e. The average Bonchev–Trinajstić information content (AvgIpc) is 2.48. The second-order valence-electron chi connectivity index (χ2n) is 3.74. The Morgan fingerprint density at radius 1 is 1.30 bits per heavy atom. The zero-order chi connectivity index (χ0) is 6.97. The van der Waals surface area contributed by atoms with Gasteiger partial charge in [-0.25, -0.2) is 0 Å². The van der Waals surface area contributed by atoms with Gasteiger partial charge >= 0.3 is 0 Å². The van der Waals surface area contributed by atoms with Crippen LogP contribution in [0.4, 0.5) is 0 Å². The summed E-state index contributed by atoms with van der Waals surface area (Å²) in [6.45, 7) is 4.73. The van der Waals surface area contributed by atoms with Crippen LogP contribution >= 0.6 is 0 Å². The fourth-order valence-electron chi connectivity index (χ4n) is 2.68. The Morgan fingerprint density at radius 3 is 2.70 bits per heavy atom. The summed E-state index contributed by atoms with van der Waals surface area (Å²) in [6, 6.07) is 0.830. The van der Waals surface area contributed by atoms with Gasteiger partial charge in [-0.3, -0.25) is 0 Å². The van der Waals surface area contributed by atoms with Crippen LogP contribution in [0.2, 0.25) is 0 Å². The van der Waals surface area contributed by atoms with E-state index >= 15 is 0 Å². The van der Waals surface area contributed by atoms with E-state index < -0.39 is 0 Å². The summed E-state index contributed by atoms with van der Waals surface area (Å²) in [4.78, 5) is 0. The van der Waals surface area contributed by atoms with E-state index in [9.17, 15) is 0 Å². The van der Waals surface area contributed by atoms with Gasteiger partial charge in [-0.1, -0.05) is 6.42 Å². The Morgan fingerprint density at radius 2 is 2.20 bits per heavy atom. The molecule has 0 saturated heterocycles. The summed E-state index contributed by atoms with van der Waals surface area (Å²) in [5.41, 5.74) is 0. The zero-order valence-corrected chi connectivity index (χ0v) is 6.47. The van der Waals surface area contributed by atoms with Gasteiger partial charge in [0.25, 0.3) is 0 Å². The van der Waals surface area contributed by atoms with E-state index in [4.69, 9.17) is 0 Å². The predicted octanol–water partition coefficient (Wildman–Crippen LogP) is 1.60. The van der Waals surface area contributed by atoms with Crippen molar-refractivity contribution in [2.24, 2.45) is 11.8 Å². The lowest BCUT2D eigenvalue weighted by atomic mass is 9.95. The van der Waals surface area contributed by atoms with E-state index in [1.807, 2.05) is 0 Å². The molecule has 0 amide bonds. The fraction of sp³-hybridized carbons (Fsp3) is 0.889. The summed E-state index contributed by atoms with van der Waals surface area (Å²) in [7, 11) is 0. The number of hydrogen-bond donors (Lipinski definition) is 1. The number of nitrogens with one attached hydrogen (secondary N) is 1. The van der Waals surface area contributed by atoms with E-state index in [1.165, 1.54) is 25.7 Å². The molecule has 0 aliphatic heterocycles. The molecule has 2 bridgehead atoms. The van der Waals surface area contributed by atoms with Crippen LogP contribution in [-0.2, 0) is 0 Å². The first-order valence-corrected chi connectivity index (χ1v) is 4.43. The standard InChI is InChI=1S/C9H16N/c1-2-10-9-6-7-3-4-8(9)5-7/h7-10H,1-6H2. The van der Waals surface area contributed by atoms with E-state index in [0.29, 0.717) is 0 Å². The van der Waals surface area contributed by atoms with Gasteiger partial charge in [-0.2, -0.15) is 0 Å². The summed E-state index contributed by atoms with van der Waals surface area (Å²) in [6.07, 6.45) is 5.90. The van der Waals surface area contributed by atoms with Crippen LogP contribution in [0.15, 0.2) is 0 Å². The van der Waals surface area contributed by atoms with Crippen LogP contribution in [0.5, 0.6) is 0 Å². The highest BCUT2D eigenvalue weighted by Crippen LogP contribution is 2.44. The van der Waals surface area contributed by atoms with Crippen molar-refractivity contribution in [1.82, 2.24) is 5.32 Å². The highest BCUT2D eigenvalue weighted by atomic mass is 14.9. The third-order valence-corrected chi connectivity index (χ3v) is 3.14. The average molecular weight is 138 g/mol. The molecule has 1 N–H and O–H groups in total. The maximum Gasteiger partial charge on any atom is 0.00980 e. The van der Waals surface area contributed by atoms with Crippen molar-refractivity contribution in [2.75, 3.05) is 6.54 Å². The van der Waals surface area contributed by atoms with Crippen LogP contribution in [-0.4, -0.2) is 12.6 Å². The lowest BCUT2D eigenvalue weighted by Gasteiger charge is -2.21. The first-order chi connectivity index (χ1) is 4.90. The van der Waals surface area contributed by atoms with Crippen LogP contribution in [0.25, 0.3) is 0 Å². The van der Waals surface area contributed by atoms with Crippen molar-refractivity contribution in [2.45, 2.75) is 31.7 Å². The summed E-state index contributed by atoms with van der Waals surface area (Å²) >= 11 is 0. The van der Waals surface area contributed by atoms with Gasteiger partial charge in [0.15, 0.2) is 0 Å². The Hall–Kier alpha value is -0.0400. The molecule has 1 nitrogen and oxygen atoms in total. The molecule has 57 valence electrons. The third kappa shape index (κ3) is 0.968. The third-order valence-electron chi connectivity index (χ3n) is 3.14. The summed E-state index contributed by atoms with van der Waals surface area (Å²) < 4.78 is 0. The lowest BCUT2D eigenvalue weighted by Crippen LogP contribution is -2.33. The molecule has 0 aromatic rings. The smallest absolute Gasteiger partial charge is 0.00980 e. The molecule has 2 aliphatic carbocycles. The lowest BCUT2D eigenvalue weighted by molar-refractivity contribution is 0.362. The number of fused-ring (bicyclic) bond motifs is 2. The maximum absolute atomic E-state index is 3.82. The molecule has 2 saturated carbocycles. The molecule has 2 aliphatic rings. The fourth-order valence-corrected chi connectivity index (χ4v) is 2.68. The van der Waals surface area contributed by atoms with Crippen LogP contribution in [0, 0.1) is 18.8 Å². The van der Waals surface area contributed by atoms with Crippen molar-refractivity contribution in [1.29, 1.82) is 0 Å². The molecule has 2 fully saturated rings. The SMILES string of the molecule is [CH2]CNC1CC2CCC1C2. The Labute approximate surface area is 63.2 Å². The minimum absolute atomic E-state index is 0.830. The zero-order valence-electron chi connectivity index (χ0n) is 6.47. The molecule has 0 aromatic carbocycles. The quantitative estimate of drug-likeness (QED) is 0.611. The number of hydrogen-bond acceptors (Lipinski definition) is 1. The normalized spacial score (nSPS) is 44.7. The van der Waals surface area contributed by atoms with Gasteiger partial charge in [0, 0.05) is 6.04 Å². The molecular weight excluding hydrogens is 122 g/mol. The molecule has 2 rings (SSSR count). The predicted molar refractivity (Wildman–Crippen MR) is 42.6 cm³/mol. The van der Waals surface area contributed by atoms with Gasteiger partial charge in [0.2, 0.25) is 0 Å². The molecule has 10 heavy (non-hydrogen) atoms. The van der Waals surface area contributed by atoms with Crippen molar-refractivity contribution < 1.29 is 0 Å². The monoisotopic (exact) mass is 138 g/mol. The van der Waals surface area contributed by atoms with Crippen molar-refractivity contribution in [3.05, 3.63) is 6.92 Å². The van der Waals surface area contributed by atoms with Gasteiger partial charge in [-0.15, -0.1) is 0 Å². The Balaban J connectivity index is 1.90. The summed E-state index contributed by atoms with van der Waals surface area (Å²) in [5.74, 6) is 2.07. The van der Waals surface area contributed by atoms with Crippen molar-refractivity contribution >= 4 is 0 Å². The van der Waals surface area contributed by atoms with Crippen LogP contribution < -0.4 is 5.32 Å². The molecular formula is C9H16N. The highest BCUT2D eigenvalue weighted by molar-refractivity contribution is 4.93. The van der Waals surface area contributed by atoms with E-state index in [0.717, 1.165) is 24.4 Å². The molecule has 1 radical (unpaired) electrons. The second kappa shape index (κ2) is 2.54. The van der Waals surface area contributed by atoms with Gasteiger partial charge < -0.3 is 5.32 Å². The first kappa shape index (κ1) is 6.66. The topological polar surface area (TPSA) is 12.0 Å². The van der Waals surface area contributed by atoms with Crippen LogP contribution in [0.1, 0.15) is 25.7 Å². The summed E-state index contributed by atoms with van der Waals surface area (Å²) in [5, 5.41) is 3.46. The molecule has 0 aromatic heterocycles. The largest absolute Gasteiger partial charge is 0.314 e.